The highest BCUT2D eigenvalue weighted by Gasteiger charge is 2.19. The fourth-order valence-electron chi connectivity index (χ4n) is 7.82. The molecule has 16 heteroatoms. The number of pyridine rings is 2. The molecule has 0 fully saturated rings. The van der Waals surface area contributed by atoms with E-state index in [-0.39, 0.29) is 70.5 Å². The second-order valence-electron chi connectivity index (χ2n) is 16.1. The van der Waals surface area contributed by atoms with Gasteiger partial charge in [0.1, 0.15) is 78.4 Å². The number of ether oxygens (including phenoxy) is 5. The van der Waals surface area contributed by atoms with Crippen LogP contribution in [0.25, 0.3) is 44.2 Å². The van der Waals surface area contributed by atoms with Crippen LogP contribution in [0.2, 0.25) is 0 Å². The molecule has 8 rings (SSSR count). The summed E-state index contributed by atoms with van der Waals surface area (Å²) in [7, 11) is 1.59. The van der Waals surface area contributed by atoms with Crippen LogP contribution < -0.4 is 20.9 Å². The van der Waals surface area contributed by atoms with Crippen molar-refractivity contribution in [1.82, 2.24) is 9.97 Å². The number of methoxy groups -OCH3 is 1. The van der Waals surface area contributed by atoms with E-state index in [0.717, 1.165) is 39.1 Å². The molecular formula is C52H48F2N4O10. The first-order chi connectivity index (χ1) is 32.9. The maximum atomic E-state index is 14.6. The number of carbonyl (C=O) groups excluding carboxylic acids is 1. The number of aliphatic carboxylic acids is 1. The van der Waals surface area contributed by atoms with Crippen molar-refractivity contribution in [3.05, 3.63) is 166 Å². The number of hydrogen-bond donors (Lipinski definition) is 3. The smallest absolute Gasteiger partial charge is 0.310 e. The fourth-order valence-corrected chi connectivity index (χ4v) is 7.82. The Bertz CT molecular complexity index is 3100. The summed E-state index contributed by atoms with van der Waals surface area (Å²) in [6.45, 7) is 2.60. The number of fused-ring (bicyclic) bond motifs is 2. The van der Waals surface area contributed by atoms with E-state index in [2.05, 4.69) is 9.97 Å². The number of nitrogens with zero attached hydrogens (tertiary/aromatic N) is 2. The first kappa shape index (κ1) is 47.0. The molecule has 0 aliphatic carbocycles. The lowest BCUT2D eigenvalue weighted by molar-refractivity contribution is -0.150. The highest BCUT2D eigenvalue weighted by atomic mass is 19.1. The summed E-state index contributed by atoms with van der Waals surface area (Å²) in [4.78, 5) is 33.4. The predicted molar refractivity (Wildman–Crippen MR) is 247 cm³/mol. The van der Waals surface area contributed by atoms with Crippen LogP contribution in [0.4, 0.5) is 8.78 Å². The van der Waals surface area contributed by atoms with Crippen molar-refractivity contribution in [2.45, 2.75) is 65.4 Å². The summed E-state index contributed by atoms with van der Waals surface area (Å²) in [5.74, 6) is -1.27. The zero-order valence-electron chi connectivity index (χ0n) is 37.3. The lowest BCUT2D eigenvalue weighted by Gasteiger charge is -2.15. The fraction of sp³-hybridized carbons (Fsp3) is 0.231. The predicted octanol–water partition coefficient (Wildman–Crippen LogP) is 9.12. The van der Waals surface area contributed by atoms with Gasteiger partial charge in [-0.05, 0) is 102 Å². The Morgan fingerprint density at radius 3 is 1.68 bits per heavy atom. The number of carboxylic acids is 1. The summed E-state index contributed by atoms with van der Waals surface area (Å²) in [6, 6.07) is 26.5. The summed E-state index contributed by atoms with van der Waals surface area (Å²) in [6.07, 6.45) is 2.16. The van der Waals surface area contributed by atoms with Gasteiger partial charge in [0, 0.05) is 77.8 Å². The van der Waals surface area contributed by atoms with Gasteiger partial charge in [0.25, 0.3) is 0 Å². The second kappa shape index (κ2) is 21.4. The number of nitrogens with two attached hydrogens (primary N) is 2. The molecule has 5 N–H and O–H groups in total. The van der Waals surface area contributed by atoms with Crippen LogP contribution >= 0.6 is 0 Å². The molecule has 350 valence electrons. The highest BCUT2D eigenvalue weighted by Crippen LogP contribution is 2.36. The lowest BCUT2D eigenvalue weighted by atomic mass is 10.0. The van der Waals surface area contributed by atoms with E-state index in [1.165, 1.54) is 30.3 Å². The Morgan fingerprint density at radius 2 is 1.18 bits per heavy atom. The monoisotopic (exact) mass is 926 g/mol. The summed E-state index contributed by atoms with van der Waals surface area (Å²) in [5, 5.41) is 10.9. The van der Waals surface area contributed by atoms with Crippen molar-refractivity contribution in [2.75, 3.05) is 13.7 Å². The van der Waals surface area contributed by atoms with E-state index in [1.807, 2.05) is 60.7 Å². The zero-order valence-corrected chi connectivity index (χ0v) is 37.3. The van der Waals surface area contributed by atoms with E-state index in [4.69, 9.17) is 44.0 Å². The van der Waals surface area contributed by atoms with Gasteiger partial charge < -0.3 is 49.1 Å². The van der Waals surface area contributed by atoms with Crippen molar-refractivity contribution >= 4 is 33.9 Å². The minimum atomic E-state index is -1.07. The Balaban J connectivity index is 0.921. The lowest BCUT2D eigenvalue weighted by Crippen LogP contribution is -2.21. The molecule has 0 spiro atoms. The average molecular weight is 927 g/mol. The van der Waals surface area contributed by atoms with Crippen molar-refractivity contribution in [3.8, 4) is 33.8 Å². The molecule has 0 saturated carbocycles. The molecule has 4 aromatic heterocycles. The van der Waals surface area contributed by atoms with Gasteiger partial charge in [-0.2, -0.15) is 0 Å². The number of carboxylic acid groups (broad SMARTS) is 1. The molecule has 14 nitrogen and oxygen atoms in total. The summed E-state index contributed by atoms with van der Waals surface area (Å²) < 4.78 is 70.4. The van der Waals surface area contributed by atoms with Crippen LogP contribution in [0.5, 0.6) is 11.5 Å². The number of aromatic nitrogens is 2. The third-order valence-corrected chi connectivity index (χ3v) is 10.9. The molecule has 0 aliphatic heterocycles. The van der Waals surface area contributed by atoms with E-state index >= 15 is 0 Å². The highest BCUT2D eigenvalue weighted by molar-refractivity contribution is 5.94. The van der Waals surface area contributed by atoms with Gasteiger partial charge in [0.2, 0.25) is 0 Å². The SMILES string of the molecule is COCc1cc2cc(COc3cc(F)ccc3CC(=O)OC(C)COCc3cc4cc(COc5cc(F)ccc5CC(=O)O)cc(-c5ccnc(CN)c5)c4o3)cc(-c3ccnc(CN)c3)c2o1. The summed E-state index contributed by atoms with van der Waals surface area (Å²) >= 11 is 0. The van der Waals surface area contributed by atoms with Crippen molar-refractivity contribution < 1.29 is 56.0 Å². The summed E-state index contributed by atoms with van der Waals surface area (Å²) in [5.41, 5.74) is 19.8. The van der Waals surface area contributed by atoms with E-state index in [9.17, 15) is 23.5 Å². The van der Waals surface area contributed by atoms with Crippen LogP contribution in [0.3, 0.4) is 0 Å². The Kier molecular flexibility index (Phi) is 14.8. The first-order valence-corrected chi connectivity index (χ1v) is 21.7. The van der Waals surface area contributed by atoms with E-state index < -0.39 is 29.7 Å². The molecule has 0 radical (unpaired) electrons. The van der Waals surface area contributed by atoms with Crippen LogP contribution in [0.1, 0.15) is 52.1 Å². The standard InChI is InChI=1S/C52H48F2N4O10/c1-30(25-63-29-44-18-38-12-32(26-64-47-21-39(53)5-3-35(47)19-49(59)60)14-46(52(38)68-44)34-8-10-58-42(16-34)24-56)66-50(61)20-36-4-6-40(54)22-48(36)65-27-31-11-37-17-43(28-62-2)67-51(37)45(13-31)33-7-9-57-41(15-33)23-55/h3-18,21-22,30H,19-20,23-29,55-56H2,1-2H3,(H,59,60). The van der Waals surface area contributed by atoms with Gasteiger partial charge in [-0.1, -0.05) is 12.1 Å². The molecule has 1 atom stereocenters. The number of rotatable bonds is 21. The molecule has 68 heavy (non-hydrogen) atoms. The third kappa shape index (κ3) is 11.5. The van der Waals surface area contributed by atoms with Gasteiger partial charge in [-0.3, -0.25) is 19.6 Å². The van der Waals surface area contributed by atoms with Crippen LogP contribution in [-0.4, -0.2) is 46.8 Å². The normalized spacial score (nSPS) is 11.9. The van der Waals surface area contributed by atoms with Crippen LogP contribution in [0, 0.1) is 11.6 Å². The third-order valence-electron chi connectivity index (χ3n) is 10.9. The number of halogens is 2. The number of carbonyl (C=O) groups is 2. The molecular weight excluding hydrogens is 879 g/mol. The minimum Gasteiger partial charge on any atom is -0.488 e. The number of furan rings is 2. The van der Waals surface area contributed by atoms with E-state index in [0.29, 0.717) is 56.3 Å². The van der Waals surface area contributed by atoms with Gasteiger partial charge in [-0.15, -0.1) is 0 Å². The largest absolute Gasteiger partial charge is 0.488 e. The molecule has 0 amide bonds. The van der Waals surface area contributed by atoms with Gasteiger partial charge >= 0.3 is 11.9 Å². The molecule has 8 aromatic rings. The maximum Gasteiger partial charge on any atom is 0.310 e. The van der Waals surface area contributed by atoms with Crippen LogP contribution in [-0.2, 0) is 76.2 Å². The van der Waals surface area contributed by atoms with Crippen molar-refractivity contribution in [2.24, 2.45) is 11.5 Å². The van der Waals surface area contributed by atoms with Gasteiger partial charge in [0.15, 0.2) is 0 Å². The number of esters is 1. The average Bonchev–Trinajstić information content (AvgIpc) is 3.94. The molecule has 4 aromatic carbocycles. The van der Waals surface area contributed by atoms with Gasteiger partial charge in [0.05, 0.1) is 30.8 Å². The van der Waals surface area contributed by atoms with Crippen molar-refractivity contribution in [3.63, 3.8) is 0 Å². The Labute approximate surface area is 389 Å². The Hall–Kier alpha value is -7.50. The maximum absolute atomic E-state index is 14.6. The van der Waals surface area contributed by atoms with Crippen LogP contribution in [0.15, 0.2) is 118 Å². The zero-order chi connectivity index (χ0) is 47.7. The molecule has 0 saturated heterocycles. The van der Waals surface area contributed by atoms with E-state index in [1.54, 1.807) is 26.4 Å². The topological polar surface area (TPSA) is 205 Å². The second-order valence-corrected chi connectivity index (χ2v) is 16.1. The van der Waals surface area contributed by atoms with Crippen molar-refractivity contribution in [1.29, 1.82) is 0 Å². The molecule has 0 aliphatic rings. The Morgan fingerprint density at radius 1 is 0.662 bits per heavy atom. The number of benzene rings is 4. The number of hydrogen-bond acceptors (Lipinski definition) is 13. The molecule has 4 heterocycles. The van der Waals surface area contributed by atoms with Gasteiger partial charge in [-0.25, -0.2) is 8.78 Å². The first-order valence-electron chi connectivity index (χ1n) is 21.7. The quantitative estimate of drug-likeness (QED) is 0.0575. The minimum absolute atomic E-state index is 0.00237. The molecule has 1 unspecified atom stereocenters. The molecule has 0 bridgehead atoms.